The molecule has 1 aliphatic heterocycles. The van der Waals surface area contributed by atoms with Crippen molar-refractivity contribution in [2.75, 3.05) is 19.6 Å². The Morgan fingerprint density at radius 3 is 2.94 bits per heavy atom. The second-order valence-corrected chi connectivity index (χ2v) is 6.17. The van der Waals surface area contributed by atoms with Crippen LogP contribution in [0.25, 0.3) is 0 Å². The van der Waals surface area contributed by atoms with Gasteiger partial charge >= 0.3 is 0 Å². The number of β-amino-alcohol motifs (C(OH)–C–C–N with tert-alkyl or cyclic N) is 1. The molecule has 2 atom stereocenters. The van der Waals surface area contributed by atoms with Crippen LogP contribution in [0, 0.1) is 5.92 Å². The van der Waals surface area contributed by atoms with Crippen LogP contribution >= 0.6 is 39.7 Å². The second-order valence-electron chi connectivity index (χ2n) is 3.88. The first-order chi connectivity index (χ1) is 7.25. The Kier molecular flexibility index (Phi) is 6.25. The molecule has 2 heterocycles. The Morgan fingerprint density at radius 1 is 1.56 bits per heavy atom. The highest BCUT2D eigenvalue weighted by molar-refractivity contribution is 9.11. The van der Waals surface area contributed by atoms with Gasteiger partial charge in [0, 0.05) is 32.1 Å². The lowest BCUT2D eigenvalue weighted by molar-refractivity contribution is 0.146. The predicted molar refractivity (Wildman–Crippen MR) is 73.3 cm³/mol. The van der Waals surface area contributed by atoms with E-state index in [0.717, 1.165) is 26.2 Å². The molecule has 0 saturated carbocycles. The quantitative estimate of drug-likeness (QED) is 0.787. The average molecular weight is 328 g/mol. The normalized spacial score (nSPS) is 24.4. The highest BCUT2D eigenvalue weighted by Gasteiger charge is 2.23. The molecule has 0 radical (unpaired) electrons. The standard InChI is InChI=1S/C10H15BrN2OS.ClH/c11-10-1-7(6-15-10)2-12-3-8-4-13-5-9(8)14;/h1,6,8-9,12-14H,2-5H2;1H. The third kappa shape index (κ3) is 3.98. The van der Waals surface area contributed by atoms with Crippen LogP contribution in [0.1, 0.15) is 5.56 Å². The summed E-state index contributed by atoms with van der Waals surface area (Å²) in [7, 11) is 0. The summed E-state index contributed by atoms with van der Waals surface area (Å²) in [5, 5.41) is 18.3. The molecule has 1 fully saturated rings. The van der Waals surface area contributed by atoms with Crippen LogP contribution in [0.2, 0.25) is 0 Å². The fraction of sp³-hybridized carbons (Fsp3) is 0.600. The zero-order chi connectivity index (χ0) is 10.7. The maximum Gasteiger partial charge on any atom is 0.0716 e. The van der Waals surface area contributed by atoms with Gasteiger partial charge in [0.15, 0.2) is 0 Å². The lowest BCUT2D eigenvalue weighted by Gasteiger charge is -2.13. The van der Waals surface area contributed by atoms with Crippen molar-refractivity contribution in [2.24, 2.45) is 5.92 Å². The van der Waals surface area contributed by atoms with Crippen molar-refractivity contribution >= 4 is 39.7 Å². The molecule has 0 bridgehead atoms. The number of hydrogen-bond acceptors (Lipinski definition) is 4. The van der Waals surface area contributed by atoms with E-state index in [1.165, 1.54) is 9.35 Å². The fourth-order valence-corrected chi connectivity index (χ4v) is 2.98. The summed E-state index contributed by atoms with van der Waals surface area (Å²) in [6, 6.07) is 2.13. The number of nitrogens with one attached hydrogen (secondary N) is 2. The number of halogens is 2. The molecule has 1 aromatic heterocycles. The van der Waals surface area contributed by atoms with Crippen LogP contribution in [-0.2, 0) is 6.54 Å². The van der Waals surface area contributed by atoms with E-state index in [2.05, 4.69) is 38.0 Å². The van der Waals surface area contributed by atoms with E-state index in [-0.39, 0.29) is 18.5 Å². The third-order valence-electron chi connectivity index (χ3n) is 2.66. The monoisotopic (exact) mass is 326 g/mol. The van der Waals surface area contributed by atoms with E-state index in [1.807, 2.05) is 0 Å². The highest BCUT2D eigenvalue weighted by Crippen LogP contribution is 2.20. The van der Waals surface area contributed by atoms with Crippen molar-refractivity contribution in [3.8, 4) is 0 Å². The largest absolute Gasteiger partial charge is 0.391 e. The van der Waals surface area contributed by atoms with Gasteiger partial charge in [0.1, 0.15) is 0 Å². The van der Waals surface area contributed by atoms with Crippen LogP contribution in [-0.4, -0.2) is 30.8 Å². The number of rotatable bonds is 4. The van der Waals surface area contributed by atoms with E-state index in [1.54, 1.807) is 11.3 Å². The molecule has 3 nitrogen and oxygen atoms in total. The molecular formula is C10H16BrClN2OS. The summed E-state index contributed by atoms with van der Waals surface area (Å²) >= 11 is 5.14. The first-order valence-corrected chi connectivity index (χ1v) is 6.75. The Bertz CT molecular complexity index is 324. The van der Waals surface area contributed by atoms with Gasteiger partial charge in [-0.15, -0.1) is 23.7 Å². The number of aliphatic hydroxyl groups excluding tert-OH is 1. The first kappa shape index (κ1) is 14.4. The molecule has 92 valence electrons. The van der Waals surface area contributed by atoms with Crippen LogP contribution in [0.4, 0.5) is 0 Å². The van der Waals surface area contributed by atoms with Gasteiger partial charge in [0.05, 0.1) is 9.89 Å². The smallest absolute Gasteiger partial charge is 0.0716 e. The Labute approximate surface area is 114 Å². The van der Waals surface area contributed by atoms with E-state index >= 15 is 0 Å². The minimum atomic E-state index is -0.188. The molecule has 2 rings (SSSR count). The number of hydrogen-bond donors (Lipinski definition) is 3. The van der Waals surface area contributed by atoms with E-state index in [0.29, 0.717) is 5.92 Å². The molecule has 0 spiro atoms. The summed E-state index contributed by atoms with van der Waals surface area (Å²) in [5.41, 5.74) is 1.30. The van der Waals surface area contributed by atoms with Crippen molar-refractivity contribution in [1.29, 1.82) is 0 Å². The summed E-state index contributed by atoms with van der Waals surface area (Å²) < 4.78 is 1.17. The molecule has 6 heteroatoms. The van der Waals surface area contributed by atoms with Crippen molar-refractivity contribution in [1.82, 2.24) is 10.6 Å². The minimum Gasteiger partial charge on any atom is -0.391 e. The maximum absolute atomic E-state index is 9.58. The van der Waals surface area contributed by atoms with Gasteiger partial charge in [-0.25, -0.2) is 0 Å². The first-order valence-electron chi connectivity index (χ1n) is 5.08. The summed E-state index contributed by atoms with van der Waals surface area (Å²) in [4.78, 5) is 0. The Hall–Kier alpha value is 0.350. The molecule has 1 aliphatic rings. The van der Waals surface area contributed by atoms with Gasteiger partial charge in [-0.1, -0.05) is 0 Å². The van der Waals surface area contributed by atoms with Crippen molar-refractivity contribution in [3.05, 3.63) is 20.8 Å². The van der Waals surface area contributed by atoms with Gasteiger partial charge in [-0.05, 0) is 32.9 Å². The molecule has 0 aliphatic carbocycles. The topological polar surface area (TPSA) is 44.3 Å². The van der Waals surface area contributed by atoms with E-state index < -0.39 is 0 Å². The fourth-order valence-electron chi connectivity index (χ4n) is 1.77. The van der Waals surface area contributed by atoms with Crippen LogP contribution in [0.5, 0.6) is 0 Å². The second kappa shape index (κ2) is 6.93. The summed E-state index contributed by atoms with van der Waals surface area (Å²) in [5.74, 6) is 0.354. The van der Waals surface area contributed by atoms with Gasteiger partial charge in [0.2, 0.25) is 0 Å². The number of thiophene rings is 1. The van der Waals surface area contributed by atoms with Gasteiger partial charge < -0.3 is 15.7 Å². The molecule has 1 saturated heterocycles. The molecule has 2 unspecified atom stereocenters. The van der Waals surface area contributed by atoms with Crippen LogP contribution < -0.4 is 10.6 Å². The van der Waals surface area contributed by atoms with E-state index in [4.69, 9.17) is 0 Å². The maximum atomic E-state index is 9.58. The lowest BCUT2D eigenvalue weighted by atomic mass is 10.1. The van der Waals surface area contributed by atoms with Crippen LogP contribution in [0.3, 0.4) is 0 Å². The van der Waals surface area contributed by atoms with Gasteiger partial charge in [0.25, 0.3) is 0 Å². The highest BCUT2D eigenvalue weighted by atomic mass is 79.9. The molecule has 0 aromatic carbocycles. The molecule has 3 N–H and O–H groups in total. The summed E-state index contributed by atoms with van der Waals surface area (Å²) in [6.45, 7) is 3.41. The average Bonchev–Trinajstić information content (AvgIpc) is 2.77. The number of aliphatic hydroxyl groups is 1. The third-order valence-corrected chi connectivity index (χ3v) is 4.21. The zero-order valence-corrected chi connectivity index (χ0v) is 12.0. The molecule has 1 aromatic rings. The van der Waals surface area contributed by atoms with Gasteiger partial charge in [-0.2, -0.15) is 0 Å². The lowest BCUT2D eigenvalue weighted by Crippen LogP contribution is -2.30. The molecular weight excluding hydrogens is 312 g/mol. The van der Waals surface area contributed by atoms with Crippen molar-refractivity contribution in [2.45, 2.75) is 12.6 Å². The van der Waals surface area contributed by atoms with Crippen LogP contribution in [0.15, 0.2) is 15.2 Å². The molecule has 0 amide bonds. The summed E-state index contributed by atoms with van der Waals surface area (Å²) in [6.07, 6.45) is -0.188. The van der Waals surface area contributed by atoms with E-state index in [9.17, 15) is 5.11 Å². The molecule has 16 heavy (non-hydrogen) atoms. The Morgan fingerprint density at radius 2 is 2.38 bits per heavy atom. The van der Waals surface area contributed by atoms with Crippen molar-refractivity contribution in [3.63, 3.8) is 0 Å². The zero-order valence-electron chi connectivity index (χ0n) is 8.78. The van der Waals surface area contributed by atoms with Crippen molar-refractivity contribution < 1.29 is 5.11 Å². The minimum absolute atomic E-state index is 0. The SMILES string of the molecule is Cl.OC1CNCC1CNCc1csc(Br)c1. The van der Waals surface area contributed by atoms with Gasteiger partial charge in [-0.3, -0.25) is 0 Å². The Balaban J connectivity index is 0.00000128. The predicted octanol–water partition coefficient (Wildman–Crippen LogP) is 1.60.